The number of benzene rings is 1. The van der Waals surface area contributed by atoms with E-state index < -0.39 is 0 Å². The predicted molar refractivity (Wildman–Crippen MR) is 82.8 cm³/mol. The SMILES string of the molecule is Cc1ccc(C(=O)N(Cc2ccsc2)C2CC2)c(N)c1. The first-order valence-electron chi connectivity index (χ1n) is 6.83. The molecule has 0 bridgehead atoms. The molecule has 3 nitrogen and oxygen atoms in total. The molecule has 4 heteroatoms. The molecule has 1 aromatic carbocycles. The Kier molecular flexibility index (Phi) is 3.49. The van der Waals surface area contributed by atoms with Crippen molar-refractivity contribution in [1.82, 2.24) is 4.90 Å². The van der Waals surface area contributed by atoms with Gasteiger partial charge in [-0.15, -0.1) is 0 Å². The Labute approximate surface area is 123 Å². The lowest BCUT2D eigenvalue weighted by Gasteiger charge is -2.23. The van der Waals surface area contributed by atoms with Crippen LogP contribution < -0.4 is 5.73 Å². The van der Waals surface area contributed by atoms with Crippen LogP contribution in [0.4, 0.5) is 5.69 Å². The molecule has 2 aromatic rings. The fraction of sp³-hybridized carbons (Fsp3) is 0.312. The second-order valence-corrected chi connectivity index (χ2v) is 6.17. The molecule has 1 amide bonds. The summed E-state index contributed by atoms with van der Waals surface area (Å²) in [7, 11) is 0. The number of aryl methyl sites for hydroxylation is 1. The fourth-order valence-electron chi connectivity index (χ4n) is 2.36. The number of carbonyl (C=O) groups is 1. The van der Waals surface area contributed by atoms with Gasteiger partial charge >= 0.3 is 0 Å². The average Bonchev–Trinajstić information content (AvgIpc) is 3.12. The summed E-state index contributed by atoms with van der Waals surface area (Å²) in [5.41, 5.74) is 9.48. The minimum absolute atomic E-state index is 0.0520. The highest BCUT2D eigenvalue weighted by Crippen LogP contribution is 2.31. The largest absolute Gasteiger partial charge is 0.398 e. The maximum atomic E-state index is 12.7. The maximum absolute atomic E-state index is 12.7. The first-order chi connectivity index (χ1) is 9.65. The lowest BCUT2D eigenvalue weighted by molar-refractivity contribution is 0.0731. The van der Waals surface area contributed by atoms with Crippen molar-refractivity contribution in [2.24, 2.45) is 0 Å². The van der Waals surface area contributed by atoms with E-state index in [0.717, 1.165) is 18.4 Å². The fourth-order valence-corrected chi connectivity index (χ4v) is 3.02. The van der Waals surface area contributed by atoms with Crippen LogP contribution in [0.5, 0.6) is 0 Å². The van der Waals surface area contributed by atoms with E-state index in [1.54, 1.807) is 11.3 Å². The van der Waals surface area contributed by atoms with Crippen molar-refractivity contribution >= 4 is 22.9 Å². The zero-order valence-electron chi connectivity index (χ0n) is 11.5. The van der Waals surface area contributed by atoms with E-state index >= 15 is 0 Å². The van der Waals surface area contributed by atoms with Crippen LogP contribution in [0.3, 0.4) is 0 Å². The topological polar surface area (TPSA) is 46.3 Å². The number of anilines is 1. The summed E-state index contributed by atoms with van der Waals surface area (Å²) in [4.78, 5) is 14.7. The van der Waals surface area contributed by atoms with Crippen molar-refractivity contribution in [2.75, 3.05) is 5.73 Å². The Morgan fingerprint density at radius 3 is 2.80 bits per heavy atom. The van der Waals surface area contributed by atoms with Gasteiger partial charge in [-0.05, 0) is 59.9 Å². The second-order valence-electron chi connectivity index (χ2n) is 5.39. The third kappa shape index (κ3) is 2.70. The van der Waals surface area contributed by atoms with Crippen molar-refractivity contribution in [3.8, 4) is 0 Å². The zero-order valence-corrected chi connectivity index (χ0v) is 12.3. The van der Waals surface area contributed by atoms with E-state index in [2.05, 4.69) is 11.4 Å². The van der Waals surface area contributed by atoms with Gasteiger partial charge in [0.1, 0.15) is 0 Å². The quantitative estimate of drug-likeness (QED) is 0.875. The van der Waals surface area contributed by atoms with Gasteiger partial charge in [-0.3, -0.25) is 4.79 Å². The Balaban J connectivity index is 1.85. The molecule has 104 valence electrons. The normalized spacial score (nSPS) is 14.2. The standard InChI is InChI=1S/C16H18N2OS/c1-11-2-5-14(15(17)8-11)16(19)18(13-3-4-13)9-12-6-7-20-10-12/h2,5-8,10,13H,3-4,9,17H2,1H3. The number of hydrogen-bond donors (Lipinski definition) is 1. The first-order valence-corrected chi connectivity index (χ1v) is 7.77. The molecule has 0 atom stereocenters. The highest BCUT2D eigenvalue weighted by atomic mass is 32.1. The van der Waals surface area contributed by atoms with Gasteiger partial charge in [0.05, 0.1) is 5.56 Å². The molecule has 0 saturated heterocycles. The van der Waals surface area contributed by atoms with Crippen LogP contribution >= 0.6 is 11.3 Å². The third-order valence-corrected chi connectivity index (χ3v) is 4.35. The van der Waals surface area contributed by atoms with E-state index in [9.17, 15) is 4.79 Å². The number of thiophene rings is 1. The summed E-state index contributed by atoms with van der Waals surface area (Å²) in [5, 5.41) is 4.15. The van der Waals surface area contributed by atoms with Crippen LogP contribution in [-0.2, 0) is 6.54 Å². The van der Waals surface area contributed by atoms with Gasteiger partial charge in [0.2, 0.25) is 0 Å². The molecule has 1 heterocycles. The number of carbonyl (C=O) groups excluding carboxylic acids is 1. The highest BCUT2D eigenvalue weighted by Gasteiger charge is 2.33. The monoisotopic (exact) mass is 286 g/mol. The lowest BCUT2D eigenvalue weighted by atomic mass is 10.1. The summed E-state index contributed by atoms with van der Waals surface area (Å²) in [5.74, 6) is 0.0520. The Bertz CT molecular complexity index is 617. The summed E-state index contributed by atoms with van der Waals surface area (Å²) in [6, 6.07) is 8.10. The third-order valence-electron chi connectivity index (χ3n) is 3.62. The van der Waals surface area contributed by atoms with E-state index in [1.807, 2.05) is 35.4 Å². The lowest BCUT2D eigenvalue weighted by Crippen LogP contribution is -2.33. The Morgan fingerprint density at radius 2 is 2.20 bits per heavy atom. The van der Waals surface area contributed by atoms with Gasteiger partial charge in [-0.1, -0.05) is 6.07 Å². The van der Waals surface area contributed by atoms with Crippen molar-refractivity contribution < 1.29 is 4.79 Å². The van der Waals surface area contributed by atoms with E-state index in [0.29, 0.717) is 23.8 Å². The van der Waals surface area contributed by atoms with Gasteiger partial charge in [0.15, 0.2) is 0 Å². The van der Waals surface area contributed by atoms with Crippen LogP contribution in [-0.4, -0.2) is 16.8 Å². The smallest absolute Gasteiger partial charge is 0.256 e. The van der Waals surface area contributed by atoms with Crippen LogP contribution in [0.25, 0.3) is 0 Å². The summed E-state index contributed by atoms with van der Waals surface area (Å²) < 4.78 is 0. The number of amides is 1. The number of rotatable bonds is 4. The molecule has 20 heavy (non-hydrogen) atoms. The average molecular weight is 286 g/mol. The van der Waals surface area contributed by atoms with Crippen LogP contribution in [0, 0.1) is 6.92 Å². The molecular weight excluding hydrogens is 268 g/mol. The first kappa shape index (κ1) is 13.2. The Morgan fingerprint density at radius 1 is 1.40 bits per heavy atom. The molecular formula is C16H18N2OS. The van der Waals surface area contributed by atoms with Crippen LogP contribution in [0.2, 0.25) is 0 Å². The molecule has 1 aliphatic carbocycles. The molecule has 1 aliphatic rings. The van der Waals surface area contributed by atoms with Crippen molar-refractivity contribution in [1.29, 1.82) is 0 Å². The maximum Gasteiger partial charge on any atom is 0.256 e. The van der Waals surface area contributed by atoms with Crippen molar-refractivity contribution in [3.05, 3.63) is 51.7 Å². The molecule has 0 unspecified atom stereocenters. The predicted octanol–water partition coefficient (Wildman–Crippen LogP) is 3.44. The number of hydrogen-bond acceptors (Lipinski definition) is 3. The van der Waals surface area contributed by atoms with Gasteiger partial charge in [0.25, 0.3) is 5.91 Å². The number of nitrogens with zero attached hydrogens (tertiary/aromatic N) is 1. The van der Waals surface area contributed by atoms with Crippen molar-refractivity contribution in [2.45, 2.75) is 32.4 Å². The highest BCUT2D eigenvalue weighted by molar-refractivity contribution is 7.07. The van der Waals surface area contributed by atoms with Crippen LogP contribution in [0.1, 0.15) is 34.3 Å². The molecule has 0 aliphatic heterocycles. The van der Waals surface area contributed by atoms with E-state index in [1.165, 1.54) is 5.56 Å². The van der Waals surface area contributed by atoms with Crippen molar-refractivity contribution in [3.63, 3.8) is 0 Å². The molecule has 0 radical (unpaired) electrons. The zero-order chi connectivity index (χ0) is 14.1. The number of nitrogen functional groups attached to an aromatic ring is 1. The minimum Gasteiger partial charge on any atom is -0.398 e. The summed E-state index contributed by atoms with van der Waals surface area (Å²) in [6.45, 7) is 2.66. The van der Waals surface area contributed by atoms with E-state index in [4.69, 9.17) is 5.73 Å². The molecule has 0 spiro atoms. The molecule has 1 saturated carbocycles. The van der Waals surface area contributed by atoms with E-state index in [-0.39, 0.29) is 5.91 Å². The second kappa shape index (κ2) is 5.29. The van der Waals surface area contributed by atoms with Gasteiger partial charge in [-0.25, -0.2) is 0 Å². The number of nitrogens with two attached hydrogens (primary N) is 1. The van der Waals surface area contributed by atoms with Crippen LogP contribution in [0.15, 0.2) is 35.0 Å². The molecule has 1 aromatic heterocycles. The van der Waals surface area contributed by atoms with Gasteiger partial charge in [-0.2, -0.15) is 11.3 Å². The molecule has 1 fully saturated rings. The summed E-state index contributed by atoms with van der Waals surface area (Å²) in [6.07, 6.45) is 2.20. The van der Waals surface area contributed by atoms with Gasteiger partial charge < -0.3 is 10.6 Å². The summed E-state index contributed by atoms with van der Waals surface area (Å²) >= 11 is 1.66. The molecule has 3 rings (SSSR count). The molecule has 2 N–H and O–H groups in total. The van der Waals surface area contributed by atoms with Gasteiger partial charge in [0, 0.05) is 18.3 Å². The minimum atomic E-state index is 0.0520. The Hall–Kier alpha value is -1.81.